The fourth-order valence-electron chi connectivity index (χ4n) is 3.31. The molecule has 9 heteroatoms. The van der Waals surface area contributed by atoms with Crippen molar-refractivity contribution in [3.8, 4) is 17.2 Å². The van der Waals surface area contributed by atoms with E-state index in [4.69, 9.17) is 14.2 Å². The van der Waals surface area contributed by atoms with Gasteiger partial charge in [-0.15, -0.1) is 0 Å². The molecule has 1 amide bonds. The molecule has 2 atom stereocenters. The lowest BCUT2D eigenvalue weighted by Crippen LogP contribution is -2.51. The number of hydrogen-bond acceptors (Lipinski definition) is 5. The number of aliphatic hydroxyl groups is 1. The van der Waals surface area contributed by atoms with Crippen molar-refractivity contribution in [1.82, 2.24) is 4.90 Å². The first kappa shape index (κ1) is 21.8. The summed E-state index contributed by atoms with van der Waals surface area (Å²) in [4.78, 5) is 13.9. The second-order valence-electron chi connectivity index (χ2n) is 6.86. The van der Waals surface area contributed by atoms with Crippen molar-refractivity contribution < 1.29 is 37.3 Å². The molecule has 0 aliphatic carbocycles. The van der Waals surface area contributed by atoms with E-state index in [1.165, 1.54) is 31.3 Å². The van der Waals surface area contributed by atoms with Crippen molar-refractivity contribution >= 4 is 5.91 Å². The van der Waals surface area contributed by atoms with Gasteiger partial charge in [0.05, 0.1) is 26.3 Å². The van der Waals surface area contributed by atoms with Gasteiger partial charge in [0, 0.05) is 24.6 Å². The molecule has 1 aliphatic heterocycles. The molecule has 1 fully saturated rings. The number of nitrogens with zero attached hydrogens (tertiary/aromatic N) is 1. The Hall–Kier alpha value is -2.94. The quantitative estimate of drug-likeness (QED) is 0.796. The summed E-state index contributed by atoms with van der Waals surface area (Å²) in [7, 11) is 3.01. The molecule has 0 aromatic heterocycles. The fourth-order valence-corrected chi connectivity index (χ4v) is 3.31. The molecule has 0 unspecified atom stereocenters. The standard InChI is InChI=1S/C21H22F3NO5/c1-28-18-7-6-15(11-19(18)29-2)30-17-8-9-25(12-16(17)26)20(27)13-4-3-5-14(10-13)21(22,23)24/h3-7,10-11,16-17,26H,8-9,12H2,1-2H3/t16-,17-/m1/s1. The Balaban J connectivity index is 1.66. The van der Waals surface area contributed by atoms with Gasteiger partial charge in [0.2, 0.25) is 0 Å². The molecule has 2 aromatic rings. The molecule has 0 saturated carbocycles. The van der Waals surface area contributed by atoms with Crippen LogP contribution in [0.3, 0.4) is 0 Å². The van der Waals surface area contributed by atoms with Crippen LogP contribution in [0, 0.1) is 0 Å². The topological polar surface area (TPSA) is 68.2 Å². The smallest absolute Gasteiger partial charge is 0.416 e. The monoisotopic (exact) mass is 425 g/mol. The predicted octanol–water partition coefficient (Wildman–Crippen LogP) is 3.38. The van der Waals surface area contributed by atoms with Gasteiger partial charge in [-0.3, -0.25) is 4.79 Å². The highest BCUT2D eigenvalue weighted by Gasteiger charge is 2.34. The Morgan fingerprint density at radius 2 is 1.83 bits per heavy atom. The largest absolute Gasteiger partial charge is 0.493 e. The number of rotatable bonds is 5. The van der Waals surface area contributed by atoms with Gasteiger partial charge >= 0.3 is 6.18 Å². The van der Waals surface area contributed by atoms with E-state index in [0.717, 1.165) is 12.1 Å². The average Bonchev–Trinajstić information content (AvgIpc) is 2.74. The minimum atomic E-state index is -4.53. The normalized spacial score (nSPS) is 19.3. The van der Waals surface area contributed by atoms with E-state index in [2.05, 4.69) is 0 Å². The second kappa shape index (κ2) is 8.83. The number of alkyl halides is 3. The zero-order valence-corrected chi connectivity index (χ0v) is 16.5. The number of likely N-dealkylation sites (tertiary alicyclic amines) is 1. The van der Waals surface area contributed by atoms with Gasteiger partial charge in [-0.05, 0) is 30.3 Å². The SMILES string of the molecule is COc1ccc(O[C@@H]2CCN(C(=O)c3cccc(C(F)(F)F)c3)C[C@H]2O)cc1OC. The number of aliphatic hydroxyl groups excluding tert-OH is 1. The third-order valence-corrected chi connectivity index (χ3v) is 4.89. The summed E-state index contributed by atoms with van der Waals surface area (Å²) in [6.45, 7) is 0.192. The Kier molecular flexibility index (Phi) is 6.40. The number of piperidine rings is 1. The summed E-state index contributed by atoms with van der Waals surface area (Å²) in [6.07, 6.45) is -5.79. The van der Waals surface area contributed by atoms with Gasteiger partial charge in [0.1, 0.15) is 18.0 Å². The van der Waals surface area contributed by atoms with E-state index in [9.17, 15) is 23.1 Å². The molecule has 1 aliphatic rings. The highest BCUT2D eigenvalue weighted by Crippen LogP contribution is 2.33. The summed E-state index contributed by atoms with van der Waals surface area (Å²) in [5.41, 5.74) is -0.961. The summed E-state index contributed by atoms with van der Waals surface area (Å²) in [5.74, 6) is 0.910. The average molecular weight is 425 g/mol. The Bertz CT molecular complexity index is 902. The fraction of sp³-hybridized carbons (Fsp3) is 0.381. The van der Waals surface area contributed by atoms with Crippen molar-refractivity contribution in [3.05, 3.63) is 53.6 Å². The molecule has 162 valence electrons. The molecule has 3 rings (SSSR count). The second-order valence-corrected chi connectivity index (χ2v) is 6.86. The van der Waals surface area contributed by atoms with Crippen LogP contribution in [-0.2, 0) is 6.18 Å². The molecule has 0 radical (unpaired) electrons. The van der Waals surface area contributed by atoms with E-state index in [-0.39, 0.29) is 18.7 Å². The van der Waals surface area contributed by atoms with Crippen molar-refractivity contribution in [2.24, 2.45) is 0 Å². The van der Waals surface area contributed by atoms with Crippen LogP contribution >= 0.6 is 0 Å². The number of amides is 1. The van der Waals surface area contributed by atoms with Crippen LogP contribution < -0.4 is 14.2 Å². The molecular weight excluding hydrogens is 403 g/mol. The Morgan fingerprint density at radius 1 is 1.10 bits per heavy atom. The lowest BCUT2D eigenvalue weighted by atomic mass is 10.0. The minimum absolute atomic E-state index is 0.0486. The van der Waals surface area contributed by atoms with Gasteiger partial charge < -0.3 is 24.2 Å². The summed E-state index contributed by atoms with van der Waals surface area (Å²) < 4.78 is 54.9. The van der Waals surface area contributed by atoms with Gasteiger partial charge in [-0.1, -0.05) is 6.07 Å². The first-order valence-electron chi connectivity index (χ1n) is 9.26. The van der Waals surface area contributed by atoms with Gasteiger partial charge in [0.15, 0.2) is 11.5 Å². The third-order valence-electron chi connectivity index (χ3n) is 4.89. The lowest BCUT2D eigenvalue weighted by molar-refractivity contribution is -0.137. The highest BCUT2D eigenvalue weighted by atomic mass is 19.4. The predicted molar refractivity (Wildman–Crippen MR) is 102 cm³/mol. The molecule has 6 nitrogen and oxygen atoms in total. The van der Waals surface area contributed by atoms with Crippen LogP contribution in [0.15, 0.2) is 42.5 Å². The summed E-state index contributed by atoms with van der Waals surface area (Å²) in [5, 5.41) is 10.5. The number of ether oxygens (including phenoxy) is 3. The first-order valence-corrected chi connectivity index (χ1v) is 9.26. The summed E-state index contributed by atoms with van der Waals surface area (Å²) >= 11 is 0. The number of halogens is 3. The number of carbonyl (C=O) groups is 1. The summed E-state index contributed by atoms with van der Waals surface area (Å²) in [6, 6.07) is 9.23. The zero-order valence-electron chi connectivity index (χ0n) is 16.5. The number of β-amino-alcohol motifs (C(OH)–C–C–N with tert-alkyl or cyclic N) is 1. The first-order chi connectivity index (χ1) is 14.2. The lowest BCUT2D eigenvalue weighted by Gasteiger charge is -2.36. The molecule has 0 bridgehead atoms. The molecule has 1 saturated heterocycles. The van der Waals surface area contributed by atoms with Crippen LogP contribution in [0.1, 0.15) is 22.3 Å². The van der Waals surface area contributed by atoms with Gasteiger partial charge in [-0.25, -0.2) is 0 Å². The maximum absolute atomic E-state index is 12.9. The number of hydrogen-bond donors (Lipinski definition) is 1. The van der Waals surface area contributed by atoms with Crippen LogP contribution in [-0.4, -0.2) is 55.4 Å². The maximum Gasteiger partial charge on any atom is 0.416 e. The van der Waals surface area contributed by atoms with E-state index in [1.807, 2.05) is 0 Å². The molecule has 1 N–H and O–H groups in total. The third kappa shape index (κ3) is 4.79. The van der Waals surface area contributed by atoms with Crippen molar-refractivity contribution in [3.63, 3.8) is 0 Å². The molecule has 2 aromatic carbocycles. The highest BCUT2D eigenvalue weighted by molar-refractivity contribution is 5.94. The van der Waals surface area contributed by atoms with Gasteiger partial charge in [-0.2, -0.15) is 13.2 Å². The van der Waals surface area contributed by atoms with E-state index >= 15 is 0 Å². The maximum atomic E-state index is 12.9. The van der Waals surface area contributed by atoms with Gasteiger partial charge in [0.25, 0.3) is 5.91 Å². The Morgan fingerprint density at radius 3 is 2.47 bits per heavy atom. The molecule has 30 heavy (non-hydrogen) atoms. The number of methoxy groups -OCH3 is 2. The molecular formula is C21H22F3NO5. The number of carbonyl (C=O) groups excluding carboxylic acids is 1. The van der Waals surface area contributed by atoms with E-state index < -0.39 is 29.9 Å². The van der Waals surface area contributed by atoms with Crippen LogP contribution in [0.2, 0.25) is 0 Å². The Labute approximate surface area is 171 Å². The van der Waals surface area contributed by atoms with Crippen molar-refractivity contribution in [1.29, 1.82) is 0 Å². The van der Waals surface area contributed by atoms with Crippen LogP contribution in [0.5, 0.6) is 17.2 Å². The van der Waals surface area contributed by atoms with E-state index in [1.54, 1.807) is 18.2 Å². The van der Waals surface area contributed by atoms with Crippen LogP contribution in [0.25, 0.3) is 0 Å². The van der Waals surface area contributed by atoms with E-state index in [0.29, 0.717) is 23.7 Å². The van der Waals surface area contributed by atoms with Crippen LogP contribution in [0.4, 0.5) is 13.2 Å². The van der Waals surface area contributed by atoms with Crippen molar-refractivity contribution in [2.75, 3.05) is 27.3 Å². The number of benzene rings is 2. The zero-order chi connectivity index (χ0) is 21.9. The minimum Gasteiger partial charge on any atom is -0.493 e. The molecule has 0 spiro atoms. The van der Waals surface area contributed by atoms with Crippen molar-refractivity contribution in [2.45, 2.75) is 24.8 Å². The molecule has 1 heterocycles.